The van der Waals surface area contributed by atoms with Gasteiger partial charge in [0.05, 0.1) is 16.6 Å². The van der Waals surface area contributed by atoms with Crippen LogP contribution in [0.25, 0.3) is 10.2 Å². The second-order valence-corrected chi connectivity index (χ2v) is 5.10. The van der Waals surface area contributed by atoms with Gasteiger partial charge in [-0.05, 0) is 12.1 Å². The minimum absolute atomic E-state index is 0.0349. The number of amides is 1. The van der Waals surface area contributed by atoms with E-state index in [2.05, 4.69) is 15.2 Å². The number of nitrogens with two attached hydrogens (primary N) is 1. The van der Waals surface area contributed by atoms with E-state index in [0.29, 0.717) is 12.3 Å². The van der Waals surface area contributed by atoms with E-state index in [9.17, 15) is 4.79 Å². The van der Waals surface area contributed by atoms with Gasteiger partial charge in [0.2, 0.25) is 17.7 Å². The second kappa shape index (κ2) is 4.77. The molecule has 0 atom stereocenters. The van der Waals surface area contributed by atoms with Crippen molar-refractivity contribution in [2.24, 2.45) is 5.73 Å². The average molecular weight is 274 g/mol. The molecule has 0 aliphatic heterocycles. The maximum atomic E-state index is 10.7. The van der Waals surface area contributed by atoms with E-state index in [4.69, 9.17) is 10.2 Å². The lowest BCUT2D eigenvalue weighted by molar-refractivity contribution is -0.117. The molecule has 0 unspecified atom stereocenters. The van der Waals surface area contributed by atoms with Crippen molar-refractivity contribution in [1.29, 1.82) is 0 Å². The van der Waals surface area contributed by atoms with Crippen molar-refractivity contribution >= 4 is 27.5 Å². The third-order valence-corrected chi connectivity index (χ3v) is 3.51. The molecule has 0 bridgehead atoms. The third kappa shape index (κ3) is 2.60. The number of aromatic nitrogens is 3. The van der Waals surface area contributed by atoms with Gasteiger partial charge in [-0.2, -0.15) is 0 Å². The SMILES string of the molecule is NC(=O)Cc1nnc(Cc2nc3ccccc3s2)o1. The molecule has 0 saturated carbocycles. The van der Waals surface area contributed by atoms with Crippen LogP contribution in [0.1, 0.15) is 16.8 Å². The number of rotatable bonds is 4. The van der Waals surface area contributed by atoms with Gasteiger partial charge in [-0.1, -0.05) is 12.1 Å². The van der Waals surface area contributed by atoms with Crippen LogP contribution in [0, 0.1) is 0 Å². The number of carbonyl (C=O) groups excluding carboxylic acids is 1. The standard InChI is InChI=1S/C12H10N4O2S/c13-9(17)5-10-15-16-11(18-10)6-12-14-7-3-1-2-4-8(7)19-12/h1-4H,5-6H2,(H2,13,17). The van der Waals surface area contributed by atoms with Gasteiger partial charge in [0.15, 0.2) is 0 Å². The molecule has 19 heavy (non-hydrogen) atoms. The van der Waals surface area contributed by atoms with Crippen molar-refractivity contribution in [2.75, 3.05) is 0 Å². The Bertz CT molecular complexity index is 701. The number of primary amides is 1. The summed E-state index contributed by atoms with van der Waals surface area (Å²) in [5, 5.41) is 8.54. The molecule has 0 radical (unpaired) electrons. The molecule has 3 aromatic rings. The van der Waals surface area contributed by atoms with Crippen molar-refractivity contribution in [3.05, 3.63) is 41.1 Å². The monoisotopic (exact) mass is 274 g/mol. The summed E-state index contributed by atoms with van der Waals surface area (Å²) in [6.07, 6.45) is 0.429. The summed E-state index contributed by atoms with van der Waals surface area (Å²) in [7, 11) is 0. The number of hydrogen-bond acceptors (Lipinski definition) is 6. The maximum absolute atomic E-state index is 10.7. The van der Waals surface area contributed by atoms with Crippen molar-refractivity contribution in [3.8, 4) is 0 Å². The largest absolute Gasteiger partial charge is 0.424 e. The molecule has 3 rings (SSSR count). The van der Waals surface area contributed by atoms with Crippen molar-refractivity contribution in [1.82, 2.24) is 15.2 Å². The van der Waals surface area contributed by atoms with E-state index >= 15 is 0 Å². The van der Waals surface area contributed by atoms with Gasteiger partial charge in [0, 0.05) is 0 Å². The molecule has 0 spiro atoms. The van der Waals surface area contributed by atoms with Crippen LogP contribution in [0.5, 0.6) is 0 Å². The Hall–Kier alpha value is -2.28. The van der Waals surface area contributed by atoms with Crippen LogP contribution >= 0.6 is 11.3 Å². The van der Waals surface area contributed by atoms with Crippen LogP contribution in [0.4, 0.5) is 0 Å². The number of nitrogens with zero attached hydrogens (tertiary/aromatic N) is 3. The zero-order valence-electron chi connectivity index (χ0n) is 9.87. The fourth-order valence-corrected chi connectivity index (χ4v) is 2.66. The number of fused-ring (bicyclic) bond motifs is 1. The zero-order chi connectivity index (χ0) is 13.2. The van der Waals surface area contributed by atoms with Crippen molar-refractivity contribution in [2.45, 2.75) is 12.8 Å². The first kappa shape index (κ1) is 11.8. The van der Waals surface area contributed by atoms with Gasteiger partial charge in [0.1, 0.15) is 11.4 Å². The van der Waals surface area contributed by atoms with Crippen LogP contribution in [0.15, 0.2) is 28.7 Å². The van der Waals surface area contributed by atoms with E-state index < -0.39 is 5.91 Å². The van der Waals surface area contributed by atoms with Gasteiger partial charge in [-0.3, -0.25) is 4.79 Å². The predicted octanol–water partition coefficient (Wildman–Crippen LogP) is 1.30. The average Bonchev–Trinajstić information content (AvgIpc) is 2.94. The van der Waals surface area contributed by atoms with Gasteiger partial charge < -0.3 is 10.2 Å². The molecule has 0 aliphatic rings. The Labute approximate surface area is 112 Å². The third-order valence-electron chi connectivity index (χ3n) is 2.47. The summed E-state index contributed by atoms with van der Waals surface area (Å²) in [6.45, 7) is 0. The lowest BCUT2D eigenvalue weighted by Gasteiger charge is -1.89. The number of carbonyl (C=O) groups is 1. The number of hydrogen-bond donors (Lipinski definition) is 1. The molecule has 1 aromatic carbocycles. The highest BCUT2D eigenvalue weighted by Gasteiger charge is 2.11. The van der Waals surface area contributed by atoms with Gasteiger partial charge in [-0.25, -0.2) is 4.98 Å². The molecule has 2 heterocycles. The summed E-state index contributed by atoms with van der Waals surface area (Å²) < 4.78 is 6.46. The molecule has 0 fully saturated rings. The molecule has 6 nitrogen and oxygen atoms in total. The molecule has 2 aromatic heterocycles. The van der Waals surface area contributed by atoms with Crippen LogP contribution in [-0.4, -0.2) is 21.1 Å². The van der Waals surface area contributed by atoms with Crippen LogP contribution in [0.3, 0.4) is 0 Å². The molecular formula is C12H10N4O2S. The molecule has 96 valence electrons. The summed E-state index contributed by atoms with van der Waals surface area (Å²) >= 11 is 1.58. The fraction of sp³-hybridized carbons (Fsp3) is 0.167. The first-order valence-corrected chi connectivity index (χ1v) is 6.46. The second-order valence-electron chi connectivity index (χ2n) is 3.98. The maximum Gasteiger partial charge on any atom is 0.226 e. The summed E-state index contributed by atoms with van der Waals surface area (Å²) in [5.41, 5.74) is 6.02. The topological polar surface area (TPSA) is 94.9 Å². The normalized spacial score (nSPS) is 10.9. The fourth-order valence-electron chi connectivity index (χ4n) is 1.71. The first-order chi connectivity index (χ1) is 9.20. The van der Waals surface area contributed by atoms with Gasteiger partial charge in [-0.15, -0.1) is 21.5 Å². The van der Waals surface area contributed by atoms with E-state index in [0.717, 1.165) is 15.2 Å². The Kier molecular flexibility index (Phi) is 2.96. The van der Waals surface area contributed by atoms with E-state index in [1.54, 1.807) is 11.3 Å². The summed E-state index contributed by atoms with van der Waals surface area (Å²) in [5.74, 6) is 0.189. The highest BCUT2D eigenvalue weighted by atomic mass is 32.1. The highest BCUT2D eigenvalue weighted by molar-refractivity contribution is 7.18. The van der Waals surface area contributed by atoms with E-state index in [1.165, 1.54) is 0 Å². The Balaban J connectivity index is 1.80. The lowest BCUT2D eigenvalue weighted by Crippen LogP contribution is -2.13. The molecule has 0 saturated heterocycles. The van der Waals surface area contributed by atoms with Crippen LogP contribution in [0.2, 0.25) is 0 Å². The van der Waals surface area contributed by atoms with Crippen molar-refractivity contribution < 1.29 is 9.21 Å². The van der Waals surface area contributed by atoms with Crippen LogP contribution < -0.4 is 5.73 Å². The van der Waals surface area contributed by atoms with Crippen LogP contribution in [-0.2, 0) is 17.6 Å². The first-order valence-electron chi connectivity index (χ1n) is 5.65. The molecular weight excluding hydrogens is 264 g/mol. The minimum atomic E-state index is -0.491. The van der Waals surface area contributed by atoms with Crippen molar-refractivity contribution in [3.63, 3.8) is 0 Å². The smallest absolute Gasteiger partial charge is 0.226 e. The number of thiazole rings is 1. The van der Waals surface area contributed by atoms with Gasteiger partial charge in [0.25, 0.3) is 0 Å². The van der Waals surface area contributed by atoms with E-state index in [1.807, 2.05) is 24.3 Å². The number of benzene rings is 1. The lowest BCUT2D eigenvalue weighted by atomic mass is 10.3. The predicted molar refractivity (Wildman–Crippen MR) is 69.6 cm³/mol. The summed E-state index contributed by atoms with van der Waals surface area (Å²) in [6, 6.07) is 7.90. The molecule has 2 N–H and O–H groups in total. The zero-order valence-corrected chi connectivity index (χ0v) is 10.7. The molecule has 7 heteroatoms. The van der Waals surface area contributed by atoms with Gasteiger partial charge >= 0.3 is 0 Å². The molecule has 0 aliphatic carbocycles. The Morgan fingerprint density at radius 2 is 2.05 bits per heavy atom. The van der Waals surface area contributed by atoms with E-state index in [-0.39, 0.29) is 12.3 Å². The number of para-hydroxylation sites is 1. The Morgan fingerprint density at radius 1 is 1.26 bits per heavy atom. The highest BCUT2D eigenvalue weighted by Crippen LogP contribution is 2.23. The quantitative estimate of drug-likeness (QED) is 0.773. The summed E-state index contributed by atoms with van der Waals surface area (Å²) in [4.78, 5) is 15.2. The minimum Gasteiger partial charge on any atom is -0.424 e. The Morgan fingerprint density at radius 3 is 2.84 bits per heavy atom. The molecule has 1 amide bonds.